The molecule has 0 aliphatic heterocycles. The Labute approximate surface area is 349 Å². The zero-order chi connectivity index (χ0) is 49.0. The third-order valence-corrected chi connectivity index (χ3v) is 9.98. The van der Waals surface area contributed by atoms with Crippen LogP contribution in [0.3, 0.4) is 0 Å². The zero-order valence-corrected chi connectivity index (χ0v) is 31.2. The number of rotatable bonds is 7. The van der Waals surface area contributed by atoms with Crippen LogP contribution >= 0.6 is 0 Å². The van der Waals surface area contributed by atoms with Crippen LogP contribution in [0.1, 0.15) is 42.8 Å². The second kappa shape index (κ2) is 13.8. The molecule has 3 aromatic heterocycles. The van der Waals surface area contributed by atoms with E-state index in [1.165, 1.54) is 4.57 Å². The van der Waals surface area contributed by atoms with Crippen LogP contribution in [-0.2, 0) is 5.41 Å². The Hall–Kier alpha value is -7.24. The van der Waals surface area contributed by atoms with E-state index in [0.717, 1.165) is 39.3 Å². The fourth-order valence-corrected chi connectivity index (χ4v) is 7.28. The molecule has 0 atom stereocenters. The van der Waals surface area contributed by atoms with Crippen molar-refractivity contribution in [3.8, 4) is 50.9 Å². The quantitative estimate of drug-likeness (QED) is 0.120. The molecule has 0 unspecified atom stereocenters. The molecule has 10 aromatic rings. The van der Waals surface area contributed by atoms with Gasteiger partial charge in [-0.3, -0.25) is 13.7 Å². The van der Waals surface area contributed by atoms with Crippen molar-refractivity contribution in [3.63, 3.8) is 0 Å². The Bertz CT molecular complexity index is 3770. The molecule has 0 aliphatic rings. The average Bonchev–Trinajstić information content (AvgIpc) is 3.88. The van der Waals surface area contributed by atoms with E-state index in [9.17, 15) is 2.74 Å². The summed E-state index contributed by atoms with van der Waals surface area (Å²) in [5.41, 5.74) is 2.77. The van der Waals surface area contributed by atoms with Gasteiger partial charge in [0.1, 0.15) is 17.3 Å². The highest BCUT2D eigenvalue weighted by molar-refractivity contribution is 6.09. The lowest BCUT2D eigenvalue weighted by molar-refractivity contribution is -0.571. The largest absolute Gasteiger partial charge is 0.458 e. The third kappa shape index (κ3) is 6.14. The number of aromatic nitrogens is 4. The third-order valence-electron chi connectivity index (χ3n) is 9.98. The highest BCUT2D eigenvalue weighted by Crippen LogP contribution is 2.37. The van der Waals surface area contributed by atoms with Gasteiger partial charge in [0.2, 0.25) is 0 Å². The van der Waals surface area contributed by atoms with Gasteiger partial charge < -0.3 is 4.74 Å². The number of benzene rings is 7. The van der Waals surface area contributed by atoms with Crippen LogP contribution in [0.4, 0.5) is 0 Å². The number of hydrogen-bond acceptors (Lipinski definition) is 2. The van der Waals surface area contributed by atoms with Crippen LogP contribution in [0.25, 0.3) is 72.3 Å². The van der Waals surface area contributed by atoms with Crippen molar-refractivity contribution < 1.29 is 25.8 Å². The Kier molecular flexibility index (Phi) is 5.72. The fraction of sp³-hybridized carbons (Fsp3) is 0.0769. The summed E-state index contributed by atoms with van der Waals surface area (Å²) in [5, 5.41) is 2.08. The van der Waals surface area contributed by atoms with Gasteiger partial charge in [0.25, 0.3) is 6.33 Å². The molecule has 0 fully saturated rings. The number of pyridine rings is 1. The van der Waals surface area contributed by atoms with Crippen LogP contribution in [0, 0.1) is 6.33 Å². The molecule has 0 amide bonds. The van der Waals surface area contributed by atoms with E-state index in [2.05, 4.69) is 49.9 Å². The first-order valence-corrected chi connectivity index (χ1v) is 18.4. The van der Waals surface area contributed by atoms with Gasteiger partial charge in [-0.15, -0.1) is 0 Å². The number of fused-ring (bicyclic) bond motifs is 4. The summed E-state index contributed by atoms with van der Waals surface area (Å²) in [4.78, 5) is 4.80. The van der Waals surface area contributed by atoms with Crippen molar-refractivity contribution in [2.75, 3.05) is 0 Å². The molecule has 5 nitrogen and oxygen atoms in total. The Morgan fingerprint density at radius 2 is 1.33 bits per heavy atom. The van der Waals surface area contributed by atoms with E-state index < -0.39 is 78.1 Å². The maximum absolute atomic E-state index is 9.33. The number of imidazole rings is 1. The van der Waals surface area contributed by atoms with Crippen molar-refractivity contribution >= 4 is 32.8 Å². The van der Waals surface area contributed by atoms with E-state index in [1.54, 1.807) is 47.0 Å². The van der Waals surface area contributed by atoms with Gasteiger partial charge >= 0.3 is 0 Å². The van der Waals surface area contributed by atoms with Crippen LogP contribution in [0.15, 0.2) is 188 Å². The fourth-order valence-electron chi connectivity index (χ4n) is 7.28. The number of hydrogen-bond donors (Lipinski definition) is 0. The lowest BCUT2D eigenvalue weighted by Gasteiger charge is -2.20. The molecule has 0 spiro atoms. The molecule has 0 bridgehead atoms. The summed E-state index contributed by atoms with van der Waals surface area (Å²) < 4.78 is 118. The molecule has 3 heterocycles. The second-order valence-electron chi connectivity index (χ2n) is 14.6. The molecule has 57 heavy (non-hydrogen) atoms. The highest BCUT2D eigenvalue weighted by Gasteiger charge is 2.21. The van der Waals surface area contributed by atoms with Gasteiger partial charge in [0.05, 0.1) is 49.9 Å². The Balaban J connectivity index is 1.18. The first kappa shape index (κ1) is 23.6. The minimum Gasteiger partial charge on any atom is -0.458 e. The van der Waals surface area contributed by atoms with Gasteiger partial charge in [0, 0.05) is 23.0 Å². The lowest BCUT2D eigenvalue weighted by atomic mass is 9.88. The van der Waals surface area contributed by atoms with Crippen LogP contribution in [-0.4, -0.2) is 14.1 Å². The summed E-state index contributed by atoms with van der Waals surface area (Å²) in [6.45, 7) is 6.49. The molecule has 10 rings (SSSR count). The molecule has 0 radical (unpaired) electrons. The summed E-state index contributed by atoms with van der Waals surface area (Å²) in [6.07, 6.45) is 5.14. The normalized spacial score (nSPS) is 14.7. The van der Waals surface area contributed by atoms with Crippen molar-refractivity contribution in [1.82, 2.24) is 14.1 Å². The van der Waals surface area contributed by atoms with Crippen LogP contribution in [0.2, 0.25) is 0 Å². The number of para-hydroxylation sites is 4. The van der Waals surface area contributed by atoms with Crippen molar-refractivity contribution in [2.45, 2.75) is 26.2 Å². The van der Waals surface area contributed by atoms with E-state index >= 15 is 0 Å². The van der Waals surface area contributed by atoms with Crippen molar-refractivity contribution in [1.29, 1.82) is 0 Å². The molecular weight excluding hydrogens is 697 g/mol. The molecular formula is C52H40N4O. The predicted octanol–water partition coefficient (Wildman–Crippen LogP) is 12.6. The van der Waals surface area contributed by atoms with Gasteiger partial charge in [-0.1, -0.05) is 148 Å². The maximum atomic E-state index is 9.33. The van der Waals surface area contributed by atoms with E-state index in [-0.39, 0.29) is 27.8 Å². The van der Waals surface area contributed by atoms with E-state index in [0.29, 0.717) is 28.2 Å². The molecule has 274 valence electrons. The Morgan fingerprint density at radius 1 is 0.614 bits per heavy atom. The van der Waals surface area contributed by atoms with Crippen LogP contribution < -0.4 is 9.30 Å². The summed E-state index contributed by atoms with van der Waals surface area (Å²) in [6, 6.07) is 26.1. The topological polar surface area (TPSA) is 35.9 Å². The highest BCUT2D eigenvalue weighted by atomic mass is 16.5. The average molecular weight is 749 g/mol. The number of nitrogens with zero attached hydrogens (tertiary/aromatic N) is 4. The van der Waals surface area contributed by atoms with Crippen LogP contribution in [0.5, 0.6) is 11.5 Å². The molecule has 5 heteroatoms. The molecule has 7 aromatic carbocycles. The summed E-state index contributed by atoms with van der Waals surface area (Å²) in [5.74, 6) is 1.77. The molecule has 0 saturated carbocycles. The summed E-state index contributed by atoms with van der Waals surface area (Å²) in [7, 11) is 0. The number of ether oxygens (including phenoxy) is 1. The van der Waals surface area contributed by atoms with Crippen molar-refractivity contribution in [2.24, 2.45) is 0 Å². The molecule has 0 aliphatic carbocycles. The van der Waals surface area contributed by atoms with Gasteiger partial charge in [0.15, 0.2) is 0 Å². The van der Waals surface area contributed by atoms with E-state index in [1.807, 2.05) is 48.7 Å². The lowest BCUT2D eigenvalue weighted by Crippen LogP contribution is -2.31. The smallest absolute Gasteiger partial charge is 0.269 e. The predicted molar refractivity (Wildman–Crippen MR) is 232 cm³/mol. The standard InChI is InChI=1S/C52H40N4O/c1-52(2,3)38-30-31-53-50(32-38)56-46-25-11-10-22-44(46)45-29-28-41(34-49(45)56)57-40-21-14-20-39(33-40)54-35-55(48-27-13-12-26-47(48)54)51-42(36-16-6-4-7-17-36)23-15-24-43(51)37-18-8-5-9-19-37/h4-34H,1-3H3/i4D,5D,6D,7D,8D,15D,16D,17D,18D,19D,23D,24D. The first-order valence-electron chi connectivity index (χ1n) is 24.4. The molecule has 0 N–H and O–H groups in total. The van der Waals surface area contributed by atoms with Gasteiger partial charge in [-0.2, -0.15) is 0 Å². The summed E-state index contributed by atoms with van der Waals surface area (Å²) >= 11 is 0. The SMILES string of the molecule is [2H]c1cc([2H])c(-c2c([2H])c([2H])c([2H])c(-c3c([2H])c([2H])c([2H])c([2H])c3[2H])c2-[n+]2[c-]n(-c3cccc(Oc4ccc5c6ccccc6n(-c6cc(C(C)(C)C)ccn6)c5c4)c3)c3ccccc32)c([2H])c1[2H]. The van der Waals surface area contributed by atoms with Crippen molar-refractivity contribution in [3.05, 3.63) is 200 Å². The maximum Gasteiger partial charge on any atom is 0.269 e. The van der Waals surface area contributed by atoms with E-state index in [4.69, 9.17) is 23.4 Å². The minimum atomic E-state index is -0.710. The monoisotopic (exact) mass is 748 g/mol. The minimum absolute atomic E-state index is 0.105. The first-order chi connectivity index (χ1) is 32.9. The van der Waals surface area contributed by atoms with Gasteiger partial charge in [-0.05, 0) is 81.8 Å². The Morgan fingerprint density at radius 3 is 2.16 bits per heavy atom. The molecule has 0 saturated heterocycles. The second-order valence-corrected chi connectivity index (χ2v) is 14.6. The van der Waals surface area contributed by atoms with Gasteiger partial charge in [-0.25, -0.2) is 4.98 Å². The zero-order valence-electron chi connectivity index (χ0n) is 43.2.